The van der Waals surface area contributed by atoms with Gasteiger partial charge >= 0.3 is 5.97 Å². The number of hydrogen-bond acceptors (Lipinski definition) is 6. The van der Waals surface area contributed by atoms with Crippen LogP contribution in [0.2, 0.25) is 5.02 Å². The third-order valence-corrected chi connectivity index (χ3v) is 5.29. The standard InChI is InChI=1S/C24H20ClN3O3/c1-15-19(16-6-3-2-4-7-16)8-5-9-20(15)24-28-27-23(31-24)17-10-11-21(25)18(12-17)14-30-22(29)13-26/h2-12H,13-14,26H2,1H3. The zero-order chi connectivity index (χ0) is 21.8. The number of benzene rings is 3. The summed E-state index contributed by atoms with van der Waals surface area (Å²) >= 11 is 6.22. The van der Waals surface area contributed by atoms with Gasteiger partial charge in [0, 0.05) is 21.7 Å². The zero-order valence-corrected chi connectivity index (χ0v) is 17.6. The molecule has 0 spiro atoms. The molecule has 3 aromatic carbocycles. The van der Waals surface area contributed by atoms with E-state index in [4.69, 9.17) is 26.5 Å². The summed E-state index contributed by atoms with van der Waals surface area (Å²) in [6, 6.07) is 21.4. The molecule has 0 aliphatic carbocycles. The second kappa shape index (κ2) is 9.12. The Bertz CT molecular complexity index is 1220. The van der Waals surface area contributed by atoms with Gasteiger partial charge in [0.1, 0.15) is 6.61 Å². The van der Waals surface area contributed by atoms with Gasteiger partial charge in [0.25, 0.3) is 0 Å². The number of nitrogens with two attached hydrogens (primary N) is 1. The molecule has 31 heavy (non-hydrogen) atoms. The number of esters is 1. The Balaban J connectivity index is 1.64. The highest BCUT2D eigenvalue weighted by Gasteiger charge is 2.16. The number of carbonyl (C=O) groups excluding carboxylic acids is 1. The van der Waals surface area contributed by atoms with E-state index in [0.717, 1.165) is 22.3 Å². The number of carbonyl (C=O) groups is 1. The van der Waals surface area contributed by atoms with Gasteiger partial charge in [0.15, 0.2) is 0 Å². The predicted octanol–water partition coefficient (Wildman–Crippen LogP) is 5.03. The van der Waals surface area contributed by atoms with Crippen LogP contribution in [0.15, 0.2) is 71.1 Å². The molecule has 0 amide bonds. The van der Waals surface area contributed by atoms with E-state index in [-0.39, 0.29) is 13.2 Å². The molecular weight excluding hydrogens is 414 g/mol. The molecule has 0 radical (unpaired) electrons. The smallest absolute Gasteiger partial charge is 0.320 e. The minimum atomic E-state index is -0.504. The van der Waals surface area contributed by atoms with Crippen molar-refractivity contribution in [2.75, 3.05) is 6.54 Å². The first kappa shape index (κ1) is 20.8. The molecule has 0 fully saturated rings. The van der Waals surface area contributed by atoms with Gasteiger partial charge in [0.2, 0.25) is 11.8 Å². The highest BCUT2D eigenvalue weighted by molar-refractivity contribution is 6.31. The van der Waals surface area contributed by atoms with Crippen molar-refractivity contribution in [2.24, 2.45) is 5.73 Å². The lowest BCUT2D eigenvalue weighted by Crippen LogP contribution is -2.16. The molecule has 4 aromatic rings. The van der Waals surface area contributed by atoms with E-state index < -0.39 is 5.97 Å². The van der Waals surface area contributed by atoms with Crippen LogP contribution in [0.5, 0.6) is 0 Å². The Morgan fingerprint density at radius 2 is 1.71 bits per heavy atom. The maximum absolute atomic E-state index is 11.3. The van der Waals surface area contributed by atoms with Crippen LogP contribution in [0.1, 0.15) is 11.1 Å². The van der Waals surface area contributed by atoms with Gasteiger partial charge in [-0.3, -0.25) is 4.79 Å². The summed E-state index contributed by atoms with van der Waals surface area (Å²) in [5.74, 6) is 0.272. The molecule has 1 heterocycles. The number of nitrogens with zero attached hydrogens (tertiary/aromatic N) is 2. The molecule has 0 aliphatic rings. The van der Waals surface area contributed by atoms with Crippen LogP contribution in [0.3, 0.4) is 0 Å². The Kier molecular flexibility index (Phi) is 6.11. The Hall–Kier alpha value is -3.48. The summed E-state index contributed by atoms with van der Waals surface area (Å²) in [4.78, 5) is 11.3. The normalized spacial score (nSPS) is 10.8. The van der Waals surface area contributed by atoms with Crippen molar-refractivity contribution >= 4 is 17.6 Å². The second-order valence-electron chi connectivity index (χ2n) is 6.93. The predicted molar refractivity (Wildman–Crippen MR) is 119 cm³/mol. The lowest BCUT2D eigenvalue weighted by molar-refractivity contribution is -0.143. The fraction of sp³-hybridized carbons (Fsp3) is 0.125. The molecule has 156 valence electrons. The van der Waals surface area contributed by atoms with Crippen LogP contribution in [0.25, 0.3) is 34.0 Å². The first-order valence-corrected chi connectivity index (χ1v) is 10.1. The molecule has 0 bridgehead atoms. The molecule has 0 unspecified atom stereocenters. The first-order valence-electron chi connectivity index (χ1n) is 9.70. The molecule has 0 saturated carbocycles. The quantitative estimate of drug-likeness (QED) is 0.428. The van der Waals surface area contributed by atoms with Crippen LogP contribution in [0, 0.1) is 6.92 Å². The lowest BCUT2D eigenvalue weighted by Gasteiger charge is -2.09. The molecule has 0 atom stereocenters. The van der Waals surface area contributed by atoms with E-state index in [9.17, 15) is 4.79 Å². The van der Waals surface area contributed by atoms with Crippen molar-refractivity contribution in [2.45, 2.75) is 13.5 Å². The number of ether oxygens (including phenoxy) is 1. The lowest BCUT2D eigenvalue weighted by atomic mass is 9.96. The fourth-order valence-electron chi connectivity index (χ4n) is 3.28. The first-order chi connectivity index (χ1) is 15.1. The summed E-state index contributed by atoms with van der Waals surface area (Å²) in [5.41, 5.74) is 10.7. The minimum absolute atomic E-state index is 0.0158. The van der Waals surface area contributed by atoms with Gasteiger partial charge in [-0.1, -0.05) is 54.1 Å². The molecule has 0 aliphatic heterocycles. The van der Waals surface area contributed by atoms with Crippen molar-refractivity contribution in [1.29, 1.82) is 0 Å². The van der Waals surface area contributed by atoms with Gasteiger partial charge in [0.05, 0.1) is 6.54 Å². The number of aromatic nitrogens is 2. The van der Waals surface area contributed by atoms with E-state index in [1.807, 2.05) is 37.3 Å². The van der Waals surface area contributed by atoms with E-state index in [1.54, 1.807) is 18.2 Å². The van der Waals surface area contributed by atoms with Crippen LogP contribution >= 0.6 is 11.6 Å². The van der Waals surface area contributed by atoms with Crippen LogP contribution in [-0.4, -0.2) is 22.7 Å². The van der Waals surface area contributed by atoms with Crippen molar-refractivity contribution < 1.29 is 13.9 Å². The van der Waals surface area contributed by atoms with E-state index >= 15 is 0 Å². The topological polar surface area (TPSA) is 91.2 Å². The van der Waals surface area contributed by atoms with Gasteiger partial charge in [-0.2, -0.15) is 0 Å². The summed E-state index contributed by atoms with van der Waals surface area (Å²) in [6.07, 6.45) is 0. The minimum Gasteiger partial charge on any atom is -0.460 e. The Labute approximate surface area is 184 Å². The number of rotatable bonds is 6. The third-order valence-electron chi connectivity index (χ3n) is 4.92. The van der Waals surface area contributed by atoms with Crippen LogP contribution in [-0.2, 0) is 16.1 Å². The zero-order valence-electron chi connectivity index (χ0n) is 16.8. The second-order valence-corrected chi connectivity index (χ2v) is 7.33. The largest absolute Gasteiger partial charge is 0.460 e. The van der Waals surface area contributed by atoms with E-state index in [0.29, 0.717) is 27.9 Å². The Morgan fingerprint density at radius 1 is 0.968 bits per heavy atom. The summed E-state index contributed by atoms with van der Waals surface area (Å²) in [5, 5.41) is 8.92. The number of halogens is 1. The summed E-state index contributed by atoms with van der Waals surface area (Å²) in [7, 11) is 0. The highest BCUT2D eigenvalue weighted by Crippen LogP contribution is 2.33. The third kappa shape index (κ3) is 4.50. The Morgan fingerprint density at radius 3 is 2.48 bits per heavy atom. The van der Waals surface area contributed by atoms with Crippen molar-refractivity contribution in [3.63, 3.8) is 0 Å². The average molecular weight is 434 g/mol. The van der Waals surface area contributed by atoms with Crippen molar-refractivity contribution in [3.05, 3.63) is 82.9 Å². The maximum Gasteiger partial charge on any atom is 0.320 e. The van der Waals surface area contributed by atoms with E-state index in [1.165, 1.54) is 0 Å². The molecule has 0 saturated heterocycles. The fourth-order valence-corrected chi connectivity index (χ4v) is 3.45. The molecule has 1 aromatic heterocycles. The number of hydrogen-bond donors (Lipinski definition) is 1. The summed E-state index contributed by atoms with van der Waals surface area (Å²) in [6.45, 7) is 1.86. The monoisotopic (exact) mass is 433 g/mol. The van der Waals surface area contributed by atoms with E-state index in [2.05, 4.69) is 28.4 Å². The molecule has 2 N–H and O–H groups in total. The highest BCUT2D eigenvalue weighted by atomic mass is 35.5. The average Bonchev–Trinajstić information content (AvgIpc) is 3.29. The van der Waals surface area contributed by atoms with Crippen molar-refractivity contribution in [1.82, 2.24) is 10.2 Å². The molecule has 7 heteroatoms. The molecular formula is C24H20ClN3O3. The van der Waals surface area contributed by atoms with Crippen molar-refractivity contribution in [3.8, 4) is 34.0 Å². The van der Waals surface area contributed by atoms with Crippen LogP contribution in [0.4, 0.5) is 0 Å². The van der Waals surface area contributed by atoms with Crippen LogP contribution < -0.4 is 5.73 Å². The molecule has 6 nitrogen and oxygen atoms in total. The molecule has 4 rings (SSSR count). The SMILES string of the molecule is Cc1c(-c2ccccc2)cccc1-c1nnc(-c2ccc(Cl)c(COC(=O)CN)c2)o1. The van der Waals surface area contributed by atoms with Gasteiger partial charge in [-0.05, 0) is 47.9 Å². The van der Waals surface area contributed by atoms with Gasteiger partial charge in [-0.25, -0.2) is 0 Å². The van der Waals surface area contributed by atoms with Gasteiger partial charge < -0.3 is 14.9 Å². The summed E-state index contributed by atoms with van der Waals surface area (Å²) < 4.78 is 11.1. The maximum atomic E-state index is 11.3. The van der Waals surface area contributed by atoms with Gasteiger partial charge in [-0.15, -0.1) is 10.2 Å².